The first-order chi connectivity index (χ1) is 1.91. The molecule has 0 saturated heterocycles. The van der Waals surface area contributed by atoms with E-state index in [0.29, 0.717) is 0 Å². The number of hydrogen-bond acceptors (Lipinski definition) is 1. The number of hydrogen-bond donors (Lipinski definition) is 0. The van der Waals surface area contributed by atoms with Gasteiger partial charge in [-0.3, -0.25) is 0 Å². The third-order valence-corrected chi connectivity index (χ3v) is 0.247. The molecular weight excluding hydrogens is 171 g/mol. The highest BCUT2D eigenvalue weighted by Crippen LogP contribution is 1.85. The molecule has 0 atom stereocenters. The van der Waals surface area contributed by atoms with Gasteiger partial charge in [-0.15, -0.1) is 0 Å². The minimum absolute atomic E-state index is 0.931. The van der Waals surface area contributed by atoms with Crippen molar-refractivity contribution in [3.05, 3.63) is 0 Å². The Bertz CT molecular complexity index is 23.2. The topological polar surface area (TPSA) is 12.4 Å². The van der Waals surface area contributed by atoms with E-state index >= 15 is 0 Å². The van der Waals surface area contributed by atoms with E-state index in [1.54, 1.807) is 0 Å². The van der Waals surface area contributed by atoms with E-state index in [4.69, 9.17) is 0 Å². The molecule has 0 heterocycles. The Hall–Kier alpha value is 0.525. The van der Waals surface area contributed by atoms with Gasteiger partial charge in [0, 0.05) is 0 Å². The third-order valence-electron chi connectivity index (χ3n) is 0.0369. The van der Waals surface area contributed by atoms with E-state index in [1.807, 2.05) is 0 Å². The van der Waals surface area contributed by atoms with Crippen LogP contribution < -0.4 is 0 Å². The first kappa shape index (κ1) is 4.52. The van der Waals surface area contributed by atoms with E-state index in [-0.39, 0.29) is 0 Å². The predicted octanol–water partition coefficient (Wildman–Crippen LogP) is 1.11. The fourth-order valence-corrected chi connectivity index (χ4v) is 0. The van der Waals surface area contributed by atoms with Gasteiger partial charge < -0.3 is 0 Å². The standard InChI is InChI=1S/BFIN/c1-3-4-2. The minimum Gasteiger partial charge on any atom is -0.0791 e. The Kier molecular flexibility index (Phi) is 3.99. The Morgan fingerprint density at radius 3 is 2.25 bits per heavy atom. The molecular formula is BFIN. The molecule has 1 nitrogen and oxygen atoms in total. The molecule has 0 fully saturated rings. The Morgan fingerprint density at radius 2 is 2.25 bits per heavy atom. The van der Waals surface area contributed by atoms with Gasteiger partial charge in [0.25, 0.3) is 0 Å². The molecule has 0 aromatic heterocycles. The molecule has 0 rings (SSSR count). The van der Waals surface area contributed by atoms with Gasteiger partial charge in [0.1, 0.15) is 0 Å². The fraction of sp³-hybridized carbons (Fsp3) is 0. The second kappa shape index (κ2) is 3.52. The predicted molar refractivity (Wildman–Crippen MR) is 23.3 cm³/mol. The molecule has 0 aliphatic rings. The van der Waals surface area contributed by atoms with Crippen molar-refractivity contribution in [2.45, 2.75) is 0 Å². The van der Waals surface area contributed by atoms with Crippen molar-refractivity contribution in [3.63, 3.8) is 0 Å². The normalized spacial score (nSPS) is 11.2. The zero-order valence-electron chi connectivity index (χ0n) is 1.78. The van der Waals surface area contributed by atoms with Crippen molar-refractivity contribution in [1.82, 2.24) is 0 Å². The lowest BCUT2D eigenvalue weighted by Gasteiger charge is -1.44. The van der Waals surface area contributed by atoms with Gasteiger partial charge in [-0.05, 0) is 20.8 Å². The maximum Gasteiger partial charge on any atom is 0.193 e. The fourth-order valence-electron chi connectivity index (χ4n) is 0. The molecule has 0 spiro atoms. The summed E-state index contributed by atoms with van der Waals surface area (Å²) in [5, 5.41) is 0. The summed E-state index contributed by atoms with van der Waals surface area (Å²) in [6.07, 6.45) is 0. The highest BCUT2D eigenvalue weighted by Gasteiger charge is 1.41. The lowest BCUT2D eigenvalue weighted by Crippen LogP contribution is -1.15. The van der Waals surface area contributed by atoms with Crippen LogP contribution in [-0.2, 0) is 0 Å². The molecule has 0 N–H and O–H groups in total. The molecule has 0 aromatic rings. The zero-order chi connectivity index (χ0) is 3.41. The summed E-state index contributed by atoms with van der Waals surface area (Å²) in [5.41, 5.74) is 4.60. The third kappa shape index (κ3) is 2.52. The first-order valence-electron chi connectivity index (χ1n) is 0.556. The second-order valence-electron chi connectivity index (χ2n) is 0.161. The van der Waals surface area contributed by atoms with Crippen molar-refractivity contribution in [3.8, 4) is 0 Å². The molecule has 0 saturated carbocycles. The summed E-state index contributed by atoms with van der Waals surface area (Å²) in [6.45, 7) is 0. The van der Waals surface area contributed by atoms with Crippen molar-refractivity contribution in [2.24, 2.45) is 3.37 Å². The van der Waals surface area contributed by atoms with Crippen LogP contribution in [0.4, 0.5) is 4.48 Å². The van der Waals surface area contributed by atoms with Gasteiger partial charge in [0.2, 0.25) is 0 Å². The van der Waals surface area contributed by atoms with E-state index in [2.05, 4.69) is 9.07 Å². The number of halogens is 2. The molecule has 0 amide bonds. The monoisotopic (exact) mass is 171 g/mol. The smallest absolute Gasteiger partial charge is 0.0791 e. The van der Waals surface area contributed by atoms with Crippen LogP contribution in [0.5, 0.6) is 0 Å². The van der Waals surface area contributed by atoms with Crippen LogP contribution in [0, 0.1) is 0 Å². The van der Waals surface area contributed by atoms with Crippen LogP contribution in [0.15, 0.2) is 3.37 Å². The largest absolute Gasteiger partial charge is 0.193 e. The van der Waals surface area contributed by atoms with Gasteiger partial charge >= 0.3 is 0 Å². The second-order valence-corrected chi connectivity index (χ2v) is 1.08. The van der Waals surface area contributed by atoms with Gasteiger partial charge in [0.15, 0.2) is 5.70 Å². The molecule has 0 unspecified atom stereocenters. The molecule has 4 heteroatoms. The average Bonchev–Trinajstić information content (AvgIpc) is 1.37. The summed E-state index contributed by atoms with van der Waals surface area (Å²) in [7, 11) is 0. The number of nitrogens with zero attached hydrogens (tertiary/aromatic N) is 1. The molecule has 0 aromatic carbocycles. The summed E-state index contributed by atoms with van der Waals surface area (Å²) in [6, 6.07) is 0. The molecule has 4 heavy (non-hydrogen) atoms. The summed E-state index contributed by atoms with van der Waals surface area (Å²) in [5.74, 6) is 0. The molecule has 0 aliphatic carbocycles. The van der Waals surface area contributed by atoms with Gasteiger partial charge in [0.05, 0.1) is 0 Å². The van der Waals surface area contributed by atoms with Crippen molar-refractivity contribution in [1.29, 1.82) is 0 Å². The van der Waals surface area contributed by atoms with Crippen LogP contribution in [0.2, 0.25) is 0 Å². The van der Waals surface area contributed by atoms with Gasteiger partial charge in [-0.2, -0.15) is 0 Å². The summed E-state index contributed by atoms with van der Waals surface area (Å²) < 4.78 is 12.4. The SMILES string of the molecule is [B]I=NF. The Morgan fingerprint density at radius 1 is 2.00 bits per heavy atom. The van der Waals surface area contributed by atoms with Crippen molar-refractivity contribution in [2.75, 3.05) is 0 Å². The first-order valence-corrected chi connectivity index (χ1v) is 2.77. The van der Waals surface area contributed by atoms with Gasteiger partial charge in [-0.25, -0.2) is 0 Å². The highest BCUT2D eigenvalue weighted by atomic mass is 127. The van der Waals surface area contributed by atoms with E-state index < -0.39 is 20.8 Å². The lowest BCUT2D eigenvalue weighted by atomic mass is 10.8. The van der Waals surface area contributed by atoms with Crippen LogP contribution in [-0.4, -0.2) is 5.70 Å². The van der Waals surface area contributed by atoms with E-state index in [1.165, 1.54) is 0 Å². The van der Waals surface area contributed by atoms with Crippen LogP contribution in [0.25, 0.3) is 0 Å². The quantitative estimate of drug-likeness (QED) is 0.382. The average molecular weight is 171 g/mol. The molecule has 2 radical (unpaired) electrons. The van der Waals surface area contributed by atoms with E-state index in [9.17, 15) is 4.48 Å². The van der Waals surface area contributed by atoms with Crippen LogP contribution in [0.3, 0.4) is 0 Å². The lowest BCUT2D eigenvalue weighted by molar-refractivity contribution is 0.561. The maximum atomic E-state index is 10.3. The summed E-state index contributed by atoms with van der Waals surface area (Å²) >= 11 is -0.931. The Balaban J connectivity index is 2.55. The zero-order valence-corrected chi connectivity index (χ0v) is 3.94. The van der Waals surface area contributed by atoms with Crippen molar-refractivity contribution < 1.29 is 4.48 Å². The maximum absolute atomic E-state index is 10.3. The summed E-state index contributed by atoms with van der Waals surface area (Å²) in [4.78, 5) is 0. The molecule has 22 valence electrons. The van der Waals surface area contributed by atoms with Crippen LogP contribution >= 0.6 is 20.8 Å². The number of rotatable bonds is 0. The van der Waals surface area contributed by atoms with Crippen molar-refractivity contribution >= 4 is 26.5 Å². The minimum atomic E-state index is -0.931. The van der Waals surface area contributed by atoms with Gasteiger partial charge in [-0.1, -0.05) is 7.85 Å². The van der Waals surface area contributed by atoms with E-state index in [0.717, 1.165) is 0 Å². The van der Waals surface area contributed by atoms with Crippen LogP contribution in [0.1, 0.15) is 0 Å². The molecule has 0 bridgehead atoms. The Labute approximate surface area is 34.8 Å². The highest BCUT2D eigenvalue weighted by molar-refractivity contribution is 14.2. The molecule has 0 aliphatic heterocycles.